The number of aryl methyl sites for hydroxylation is 2. The number of nitrogens with zero attached hydrogens (tertiary/aromatic N) is 2. The van der Waals surface area contributed by atoms with Gasteiger partial charge in [-0.3, -0.25) is 4.98 Å². The van der Waals surface area contributed by atoms with Crippen LogP contribution in [0.5, 0.6) is 0 Å². The number of pyridine rings is 1. The molecule has 15 heavy (non-hydrogen) atoms. The van der Waals surface area contributed by atoms with Gasteiger partial charge in [0.25, 0.3) is 0 Å². The van der Waals surface area contributed by atoms with Gasteiger partial charge in [-0.25, -0.2) is 0 Å². The average molecular weight is 223 g/mol. The highest BCUT2D eigenvalue weighted by atomic mass is 35.5. The molecule has 3 nitrogen and oxygen atoms in total. The molecule has 0 amide bonds. The van der Waals surface area contributed by atoms with Gasteiger partial charge in [0.05, 0.1) is 5.69 Å². The number of hydrogen-bond acceptors (Lipinski definition) is 3. The first-order valence-electron chi connectivity index (χ1n) is 4.65. The van der Waals surface area contributed by atoms with E-state index in [1.807, 2.05) is 19.9 Å². The van der Waals surface area contributed by atoms with E-state index >= 15 is 0 Å². The maximum Gasteiger partial charge on any atom is 0.141 e. The van der Waals surface area contributed by atoms with E-state index in [9.17, 15) is 0 Å². The summed E-state index contributed by atoms with van der Waals surface area (Å²) in [5, 5.41) is 3.91. The Kier molecular flexibility index (Phi) is 2.73. The zero-order valence-corrected chi connectivity index (χ0v) is 9.38. The van der Waals surface area contributed by atoms with Gasteiger partial charge in [-0.05, 0) is 25.5 Å². The van der Waals surface area contributed by atoms with Crippen LogP contribution < -0.4 is 0 Å². The molecule has 0 radical (unpaired) electrons. The van der Waals surface area contributed by atoms with Gasteiger partial charge in [0, 0.05) is 29.4 Å². The van der Waals surface area contributed by atoms with Crippen molar-refractivity contribution in [1.82, 2.24) is 10.1 Å². The molecule has 0 saturated heterocycles. The van der Waals surface area contributed by atoms with E-state index in [0.29, 0.717) is 5.88 Å². The Morgan fingerprint density at radius 1 is 1.33 bits per heavy atom. The lowest BCUT2D eigenvalue weighted by Gasteiger charge is -2.01. The van der Waals surface area contributed by atoms with Gasteiger partial charge in [-0.2, -0.15) is 0 Å². The summed E-state index contributed by atoms with van der Waals surface area (Å²) in [5.74, 6) is 1.27. The van der Waals surface area contributed by atoms with Crippen molar-refractivity contribution in [1.29, 1.82) is 0 Å². The Labute approximate surface area is 93.1 Å². The first-order valence-corrected chi connectivity index (χ1v) is 5.19. The van der Waals surface area contributed by atoms with E-state index in [0.717, 1.165) is 28.1 Å². The van der Waals surface area contributed by atoms with Crippen LogP contribution in [0.3, 0.4) is 0 Å². The normalized spacial score (nSPS) is 10.6. The Bertz CT molecular complexity index is 460. The van der Waals surface area contributed by atoms with Crippen LogP contribution in [0.15, 0.2) is 23.0 Å². The minimum Gasteiger partial charge on any atom is -0.361 e. The van der Waals surface area contributed by atoms with Crippen LogP contribution in [0.25, 0.3) is 11.1 Å². The van der Waals surface area contributed by atoms with Gasteiger partial charge in [-0.15, -0.1) is 11.6 Å². The molecule has 0 aliphatic heterocycles. The van der Waals surface area contributed by atoms with E-state index in [2.05, 4.69) is 10.1 Å². The predicted octanol–water partition coefficient (Wildman–Crippen LogP) is 3.09. The molecular weight excluding hydrogens is 212 g/mol. The van der Waals surface area contributed by atoms with E-state index in [1.165, 1.54) is 0 Å². The Morgan fingerprint density at radius 2 is 2.13 bits per heavy atom. The lowest BCUT2D eigenvalue weighted by Crippen LogP contribution is -1.86. The summed E-state index contributed by atoms with van der Waals surface area (Å²) in [6.07, 6.45) is 3.55. The maximum atomic E-state index is 5.76. The quantitative estimate of drug-likeness (QED) is 0.733. The summed E-state index contributed by atoms with van der Waals surface area (Å²) in [4.78, 5) is 4.14. The van der Waals surface area contributed by atoms with Crippen LogP contribution in [-0.2, 0) is 5.88 Å². The second kappa shape index (κ2) is 4.03. The number of alkyl halides is 1. The minimum atomic E-state index is 0.463. The van der Waals surface area contributed by atoms with Crippen LogP contribution in [0.2, 0.25) is 0 Å². The summed E-state index contributed by atoms with van der Waals surface area (Å²) in [7, 11) is 0. The molecule has 0 unspecified atom stereocenters. The Morgan fingerprint density at radius 3 is 2.73 bits per heavy atom. The van der Waals surface area contributed by atoms with Crippen molar-refractivity contribution in [2.24, 2.45) is 0 Å². The molecule has 0 N–H and O–H groups in total. The van der Waals surface area contributed by atoms with Crippen molar-refractivity contribution in [3.63, 3.8) is 0 Å². The smallest absolute Gasteiger partial charge is 0.141 e. The van der Waals surface area contributed by atoms with Gasteiger partial charge in [0.2, 0.25) is 0 Å². The topological polar surface area (TPSA) is 38.9 Å². The molecule has 0 fully saturated rings. The minimum absolute atomic E-state index is 0.463. The monoisotopic (exact) mass is 222 g/mol. The average Bonchev–Trinajstić information content (AvgIpc) is 2.59. The van der Waals surface area contributed by atoms with Gasteiger partial charge >= 0.3 is 0 Å². The first kappa shape index (κ1) is 10.2. The van der Waals surface area contributed by atoms with Crippen LogP contribution in [0.1, 0.15) is 17.0 Å². The van der Waals surface area contributed by atoms with Gasteiger partial charge in [-0.1, -0.05) is 5.16 Å². The fourth-order valence-electron chi connectivity index (χ4n) is 1.59. The fraction of sp³-hybridized carbons (Fsp3) is 0.273. The molecule has 4 heteroatoms. The number of aromatic nitrogens is 2. The molecule has 0 aliphatic carbocycles. The Balaban J connectivity index is 2.53. The second-order valence-electron chi connectivity index (χ2n) is 3.41. The third kappa shape index (κ3) is 1.88. The molecule has 78 valence electrons. The number of halogens is 1. The highest BCUT2D eigenvalue weighted by molar-refractivity contribution is 6.17. The Hall–Kier alpha value is -1.35. The molecule has 0 atom stereocenters. The van der Waals surface area contributed by atoms with E-state index in [1.54, 1.807) is 12.4 Å². The van der Waals surface area contributed by atoms with Crippen LogP contribution in [0, 0.1) is 13.8 Å². The summed E-state index contributed by atoms with van der Waals surface area (Å²) in [5.41, 5.74) is 3.88. The molecule has 2 aromatic heterocycles. The number of hydrogen-bond donors (Lipinski definition) is 0. The van der Waals surface area contributed by atoms with Crippen molar-refractivity contribution in [2.45, 2.75) is 19.7 Å². The third-order valence-electron chi connectivity index (χ3n) is 2.27. The highest BCUT2D eigenvalue weighted by Gasteiger charge is 2.11. The van der Waals surface area contributed by atoms with E-state index in [4.69, 9.17) is 16.1 Å². The SMILES string of the molecule is Cc1noc(C)c1-c1cncc(CCl)c1. The summed E-state index contributed by atoms with van der Waals surface area (Å²) >= 11 is 5.76. The third-order valence-corrected chi connectivity index (χ3v) is 2.58. The van der Waals surface area contributed by atoms with Gasteiger partial charge in [0.1, 0.15) is 5.76 Å². The van der Waals surface area contributed by atoms with Gasteiger partial charge in [0.15, 0.2) is 0 Å². The molecule has 0 saturated carbocycles. The lowest BCUT2D eigenvalue weighted by atomic mass is 10.1. The van der Waals surface area contributed by atoms with Crippen molar-refractivity contribution >= 4 is 11.6 Å². The van der Waals surface area contributed by atoms with E-state index in [-0.39, 0.29) is 0 Å². The second-order valence-corrected chi connectivity index (χ2v) is 3.68. The highest BCUT2D eigenvalue weighted by Crippen LogP contribution is 2.26. The molecular formula is C11H11ClN2O. The van der Waals surface area contributed by atoms with Crippen molar-refractivity contribution < 1.29 is 4.52 Å². The van der Waals surface area contributed by atoms with Crippen molar-refractivity contribution in [3.8, 4) is 11.1 Å². The van der Waals surface area contributed by atoms with Crippen LogP contribution >= 0.6 is 11.6 Å². The van der Waals surface area contributed by atoms with Gasteiger partial charge < -0.3 is 4.52 Å². The largest absolute Gasteiger partial charge is 0.361 e. The summed E-state index contributed by atoms with van der Waals surface area (Å²) < 4.78 is 5.11. The van der Waals surface area contributed by atoms with Crippen molar-refractivity contribution in [2.75, 3.05) is 0 Å². The summed E-state index contributed by atoms with van der Waals surface area (Å²) in [6.45, 7) is 3.81. The zero-order chi connectivity index (χ0) is 10.8. The van der Waals surface area contributed by atoms with Crippen LogP contribution in [-0.4, -0.2) is 10.1 Å². The molecule has 0 aliphatic rings. The molecule has 0 aromatic carbocycles. The molecule has 2 rings (SSSR count). The van der Waals surface area contributed by atoms with Crippen LogP contribution in [0.4, 0.5) is 0 Å². The lowest BCUT2D eigenvalue weighted by molar-refractivity contribution is 0.393. The first-order chi connectivity index (χ1) is 7.22. The fourth-order valence-corrected chi connectivity index (χ4v) is 1.74. The number of rotatable bonds is 2. The molecule has 0 bridgehead atoms. The molecule has 2 heterocycles. The standard InChI is InChI=1S/C11H11ClN2O/c1-7-11(8(2)15-14-7)10-3-9(4-12)5-13-6-10/h3,5-6H,4H2,1-2H3. The van der Waals surface area contributed by atoms with E-state index < -0.39 is 0 Å². The maximum absolute atomic E-state index is 5.76. The summed E-state index contributed by atoms with van der Waals surface area (Å²) in [6, 6.07) is 2.01. The molecule has 2 aromatic rings. The zero-order valence-electron chi connectivity index (χ0n) is 8.62. The molecule has 0 spiro atoms. The van der Waals surface area contributed by atoms with Crippen molar-refractivity contribution in [3.05, 3.63) is 35.5 Å². The predicted molar refractivity (Wildman–Crippen MR) is 58.8 cm³/mol.